The number of halogens is 1. The van der Waals surface area contributed by atoms with Gasteiger partial charge in [0.25, 0.3) is 0 Å². The van der Waals surface area contributed by atoms with Crippen molar-refractivity contribution < 1.29 is 0 Å². The summed E-state index contributed by atoms with van der Waals surface area (Å²) in [7, 11) is 0. The van der Waals surface area contributed by atoms with Crippen LogP contribution in [-0.4, -0.2) is 9.78 Å². The molecule has 0 fully saturated rings. The van der Waals surface area contributed by atoms with Crippen LogP contribution in [0.25, 0.3) is 0 Å². The monoisotopic (exact) mass is 278 g/mol. The summed E-state index contributed by atoms with van der Waals surface area (Å²) in [6.07, 6.45) is 0.910. The molecule has 0 saturated heterocycles. The van der Waals surface area contributed by atoms with Crippen molar-refractivity contribution in [2.75, 3.05) is 0 Å². The van der Waals surface area contributed by atoms with Gasteiger partial charge in [0.1, 0.15) is 0 Å². The molecule has 0 radical (unpaired) electrons. The van der Waals surface area contributed by atoms with Gasteiger partial charge < -0.3 is 0 Å². The Kier molecular flexibility index (Phi) is 4.58. The molecule has 5 heteroatoms. The van der Waals surface area contributed by atoms with Crippen LogP contribution < -0.4 is 11.3 Å². The van der Waals surface area contributed by atoms with Crippen LogP contribution in [0.4, 0.5) is 0 Å². The predicted molar refractivity (Wildman–Crippen MR) is 77.9 cm³/mol. The van der Waals surface area contributed by atoms with Crippen LogP contribution in [0.5, 0.6) is 0 Å². The zero-order valence-electron chi connectivity index (χ0n) is 11.2. The van der Waals surface area contributed by atoms with Crippen LogP contribution in [0.2, 0.25) is 5.02 Å². The molecule has 2 rings (SSSR count). The fraction of sp³-hybridized carbons (Fsp3) is 0.357. The number of nitrogens with one attached hydrogen (secondary N) is 1. The average molecular weight is 279 g/mol. The zero-order chi connectivity index (χ0) is 13.8. The average Bonchev–Trinajstić information content (AvgIpc) is 2.83. The van der Waals surface area contributed by atoms with Gasteiger partial charge >= 0.3 is 0 Å². The first-order valence-electron chi connectivity index (χ1n) is 6.47. The minimum atomic E-state index is -0.105. The SMILES string of the molecule is CCc1cc(C(NN)c2cccc(Cl)c2)n(CC)n1. The minimum absolute atomic E-state index is 0.105. The van der Waals surface area contributed by atoms with Crippen molar-refractivity contribution in [1.29, 1.82) is 0 Å². The van der Waals surface area contributed by atoms with E-state index in [0.29, 0.717) is 5.02 Å². The van der Waals surface area contributed by atoms with E-state index in [1.165, 1.54) is 0 Å². The number of nitrogens with two attached hydrogens (primary N) is 1. The maximum atomic E-state index is 6.05. The molecule has 1 heterocycles. The molecule has 19 heavy (non-hydrogen) atoms. The maximum absolute atomic E-state index is 6.05. The molecule has 0 spiro atoms. The molecule has 0 amide bonds. The summed E-state index contributed by atoms with van der Waals surface area (Å²) >= 11 is 6.05. The molecular weight excluding hydrogens is 260 g/mol. The van der Waals surface area contributed by atoms with Crippen molar-refractivity contribution in [2.45, 2.75) is 32.9 Å². The van der Waals surface area contributed by atoms with Gasteiger partial charge in [-0.25, -0.2) is 5.43 Å². The predicted octanol–water partition coefficient (Wildman–Crippen LogP) is 2.67. The first kappa shape index (κ1) is 14.1. The highest BCUT2D eigenvalue weighted by Gasteiger charge is 2.18. The van der Waals surface area contributed by atoms with Crippen LogP contribution in [0.15, 0.2) is 30.3 Å². The summed E-state index contributed by atoms with van der Waals surface area (Å²) < 4.78 is 1.98. The smallest absolute Gasteiger partial charge is 0.0878 e. The lowest BCUT2D eigenvalue weighted by Crippen LogP contribution is -2.30. The normalized spacial score (nSPS) is 12.6. The van der Waals surface area contributed by atoms with Gasteiger partial charge in [-0.3, -0.25) is 10.5 Å². The molecule has 0 bridgehead atoms. The van der Waals surface area contributed by atoms with E-state index in [2.05, 4.69) is 30.4 Å². The number of aryl methyl sites for hydroxylation is 2. The molecule has 0 saturated carbocycles. The lowest BCUT2D eigenvalue weighted by atomic mass is 10.0. The Hall–Kier alpha value is -1.36. The topological polar surface area (TPSA) is 55.9 Å². The van der Waals surface area contributed by atoms with Gasteiger partial charge in [0, 0.05) is 11.6 Å². The summed E-state index contributed by atoms with van der Waals surface area (Å²) in [5.74, 6) is 5.73. The number of hydrazine groups is 1. The third kappa shape index (κ3) is 2.97. The largest absolute Gasteiger partial charge is 0.271 e. The van der Waals surface area contributed by atoms with Crippen molar-refractivity contribution in [3.05, 3.63) is 52.3 Å². The fourth-order valence-electron chi connectivity index (χ4n) is 2.18. The highest BCUT2D eigenvalue weighted by atomic mass is 35.5. The Labute approximate surface area is 118 Å². The molecule has 1 aromatic heterocycles. The second kappa shape index (κ2) is 6.19. The van der Waals surface area contributed by atoms with Crippen LogP contribution in [0.1, 0.15) is 36.8 Å². The second-order valence-corrected chi connectivity index (χ2v) is 4.82. The Morgan fingerprint density at radius 1 is 1.37 bits per heavy atom. The van der Waals surface area contributed by atoms with E-state index in [9.17, 15) is 0 Å². The molecule has 0 aliphatic heterocycles. The van der Waals surface area contributed by atoms with Crippen LogP contribution in [0.3, 0.4) is 0 Å². The third-order valence-corrected chi connectivity index (χ3v) is 3.40. The van der Waals surface area contributed by atoms with Crippen LogP contribution in [-0.2, 0) is 13.0 Å². The number of aromatic nitrogens is 2. The van der Waals surface area contributed by atoms with E-state index < -0.39 is 0 Å². The lowest BCUT2D eigenvalue weighted by Gasteiger charge is -2.17. The Morgan fingerprint density at radius 2 is 2.16 bits per heavy atom. The molecule has 102 valence electrons. The van der Waals surface area contributed by atoms with Gasteiger partial charge in [-0.15, -0.1) is 0 Å². The van der Waals surface area contributed by atoms with Gasteiger partial charge in [-0.1, -0.05) is 30.7 Å². The van der Waals surface area contributed by atoms with E-state index in [1.807, 2.05) is 28.9 Å². The zero-order valence-corrected chi connectivity index (χ0v) is 12.0. The first-order chi connectivity index (χ1) is 9.19. The first-order valence-corrected chi connectivity index (χ1v) is 6.85. The van der Waals surface area contributed by atoms with Gasteiger partial charge in [0.15, 0.2) is 0 Å². The molecule has 0 aliphatic rings. The van der Waals surface area contributed by atoms with Crippen molar-refractivity contribution in [1.82, 2.24) is 15.2 Å². The summed E-state index contributed by atoms with van der Waals surface area (Å²) in [6, 6.07) is 9.70. The number of hydrogen-bond acceptors (Lipinski definition) is 3. The van der Waals surface area contributed by atoms with Crippen molar-refractivity contribution in [3.63, 3.8) is 0 Å². The summed E-state index contributed by atoms with van der Waals surface area (Å²) in [6.45, 7) is 4.98. The molecule has 1 aromatic carbocycles. The van der Waals surface area contributed by atoms with Gasteiger partial charge in [0.2, 0.25) is 0 Å². The fourth-order valence-corrected chi connectivity index (χ4v) is 2.38. The van der Waals surface area contributed by atoms with E-state index >= 15 is 0 Å². The number of rotatable bonds is 5. The highest BCUT2D eigenvalue weighted by molar-refractivity contribution is 6.30. The van der Waals surface area contributed by atoms with E-state index in [1.54, 1.807) is 0 Å². The molecule has 4 nitrogen and oxygen atoms in total. The van der Waals surface area contributed by atoms with E-state index in [4.69, 9.17) is 17.4 Å². The van der Waals surface area contributed by atoms with Crippen LogP contribution >= 0.6 is 11.6 Å². The van der Waals surface area contributed by atoms with Crippen LogP contribution in [0, 0.1) is 0 Å². The maximum Gasteiger partial charge on any atom is 0.0878 e. The van der Waals surface area contributed by atoms with E-state index in [0.717, 1.165) is 29.9 Å². The molecular formula is C14H19ClN4. The molecule has 0 aliphatic carbocycles. The summed E-state index contributed by atoms with van der Waals surface area (Å²) in [4.78, 5) is 0. The standard InChI is InChI=1S/C14H19ClN4/c1-3-12-9-13(19(4-2)18-12)14(17-16)10-6-5-7-11(15)8-10/h5-9,14,17H,3-4,16H2,1-2H3. The summed E-state index contributed by atoms with van der Waals surface area (Å²) in [5.41, 5.74) is 6.02. The Bertz CT molecular complexity index is 550. The Morgan fingerprint density at radius 3 is 2.74 bits per heavy atom. The number of benzene rings is 1. The van der Waals surface area contributed by atoms with Crippen molar-refractivity contribution in [3.8, 4) is 0 Å². The lowest BCUT2D eigenvalue weighted by molar-refractivity contribution is 0.541. The number of hydrogen-bond donors (Lipinski definition) is 2. The molecule has 3 N–H and O–H groups in total. The summed E-state index contributed by atoms with van der Waals surface area (Å²) in [5, 5.41) is 5.26. The quantitative estimate of drug-likeness (QED) is 0.653. The third-order valence-electron chi connectivity index (χ3n) is 3.17. The highest BCUT2D eigenvalue weighted by Crippen LogP contribution is 2.24. The second-order valence-electron chi connectivity index (χ2n) is 4.38. The number of nitrogens with zero attached hydrogens (tertiary/aromatic N) is 2. The Balaban J connectivity index is 2.44. The minimum Gasteiger partial charge on any atom is -0.271 e. The van der Waals surface area contributed by atoms with Crippen molar-refractivity contribution in [2.24, 2.45) is 5.84 Å². The van der Waals surface area contributed by atoms with Gasteiger partial charge in [0.05, 0.1) is 17.4 Å². The molecule has 1 unspecified atom stereocenters. The van der Waals surface area contributed by atoms with Crippen molar-refractivity contribution >= 4 is 11.6 Å². The van der Waals surface area contributed by atoms with Gasteiger partial charge in [-0.2, -0.15) is 5.10 Å². The molecule has 1 atom stereocenters. The van der Waals surface area contributed by atoms with Gasteiger partial charge in [-0.05, 0) is 37.1 Å². The molecule has 2 aromatic rings. The van der Waals surface area contributed by atoms with E-state index in [-0.39, 0.29) is 6.04 Å².